The van der Waals surface area contributed by atoms with Gasteiger partial charge in [-0.15, -0.1) is 6.58 Å². The molecule has 2 aliphatic rings. The van der Waals surface area contributed by atoms with Crippen molar-refractivity contribution in [2.45, 2.75) is 81.2 Å². The van der Waals surface area contributed by atoms with Gasteiger partial charge in [0.05, 0.1) is 0 Å². The van der Waals surface area contributed by atoms with Crippen molar-refractivity contribution >= 4 is 7.92 Å². The molecule has 1 heteroatoms. The highest BCUT2D eigenvalue weighted by molar-refractivity contribution is 7.59. The summed E-state index contributed by atoms with van der Waals surface area (Å²) < 4.78 is 0. The van der Waals surface area contributed by atoms with Crippen LogP contribution in [-0.2, 0) is 0 Å². The highest BCUT2D eigenvalue weighted by atomic mass is 31.1. The molecule has 0 saturated heterocycles. The molecule has 0 amide bonds. The van der Waals surface area contributed by atoms with E-state index in [1.807, 2.05) is 0 Å². The molecule has 0 aliphatic heterocycles. The fraction of sp³-hybridized carbons (Fsp3) is 0.481. The van der Waals surface area contributed by atoms with Crippen LogP contribution in [0.15, 0.2) is 67.3 Å². The fourth-order valence-electron chi connectivity index (χ4n) is 5.56. The van der Waals surface area contributed by atoms with E-state index in [9.17, 15) is 0 Å². The van der Waals surface area contributed by atoms with Gasteiger partial charge in [-0.25, -0.2) is 0 Å². The number of hydrogen-bond acceptors (Lipinski definition) is 0. The Morgan fingerprint density at radius 2 is 1.25 bits per heavy atom. The molecule has 2 aromatic carbocycles. The lowest BCUT2D eigenvalue weighted by Gasteiger charge is -2.42. The summed E-state index contributed by atoms with van der Waals surface area (Å²) in [5.74, 6) is 0. The molecule has 0 spiro atoms. The van der Waals surface area contributed by atoms with Crippen LogP contribution in [-0.4, -0.2) is 11.3 Å². The highest BCUT2D eigenvalue weighted by Gasteiger charge is 2.36. The van der Waals surface area contributed by atoms with Crippen LogP contribution in [0.1, 0.15) is 75.4 Å². The lowest BCUT2D eigenvalue weighted by molar-refractivity contribution is 0.482. The Labute approximate surface area is 173 Å². The molecule has 1 unspecified atom stereocenters. The molecule has 0 heterocycles. The zero-order valence-electron chi connectivity index (χ0n) is 17.2. The van der Waals surface area contributed by atoms with Crippen LogP contribution in [0.5, 0.6) is 0 Å². The van der Waals surface area contributed by atoms with Gasteiger partial charge in [-0.3, -0.25) is 0 Å². The molecular formula is C27H35P. The minimum absolute atomic E-state index is 0.0614. The lowest BCUT2D eigenvalue weighted by atomic mass is 9.97. The first-order valence-corrected chi connectivity index (χ1v) is 13.0. The van der Waals surface area contributed by atoms with E-state index in [1.54, 1.807) is 0 Å². The highest BCUT2D eigenvalue weighted by Crippen LogP contribution is 2.65. The largest absolute Gasteiger partial charge is 0.102 e. The van der Waals surface area contributed by atoms with E-state index in [-0.39, 0.29) is 7.92 Å². The SMILES string of the molecule is C=CC(c1ccccc1-c1ccccc1)P(C1CCCCC1)C1CCCCC1. The summed E-state index contributed by atoms with van der Waals surface area (Å²) >= 11 is 0. The van der Waals surface area contributed by atoms with Crippen LogP contribution in [0.25, 0.3) is 11.1 Å². The van der Waals surface area contributed by atoms with E-state index in [4.69, 9.17) is 0 Å². The van der Waals surface area contributed by atoms with E-state index in [0.717, 1.165) is 11.3 Å². The molecule has 0 radical (unpaired) electrons. The second-order valence-electron chi connectivity index (χ2n) is 8.66. The van der Waals surface area contributed by atoms with Crippen molar-refractivity contribution in [3.8, 4) is 11.1 Å². The van der Waals surface area contributed by atoms with E-state index in [2.05, 4.69) is 67.3 Å². The zero-order valence-corrected chi connectivity index (χ0v) is 18.1. The predicted molar refractivity (Wildman–Crippen MR) is 125 cm³/mol. The van der Waals surface area contributed by atoms with Crippen LogP contribution in [0.3, 0.4) is 0 Å². The molecule has 0 nitrogen and oxygen atoms in total. The van der Waals surface area contributed by atoms with Crippen molar-refractivity contribution in [2.75, 3.05) is 0 Å². The minimum atomic E-state index is -0.0614. The van der Waals surface area contributed by atoms with Crippen molar-refractivity contribution in [1.29, 1.82) is 0 Å². The van der Waals surface area contributed by atoms with Gasteiger partial charge in [0, 0.05) is 5.66 Å². The van der Waals surface area contributed by atoms with Gasteiger partial charge in [0.25, 0.3) is 0 Å². The Hall–Kier alpha value is -1.39. The molecule has 1 atom stereocenters. The first-order chi connectivity index (χ1) is 13.9. The third-order valence-electron chi connectivity index (χ3n) is 6.90. The second-order valence-corrected chi connectivity index (χ2v) is 11.6. The summed E-state index contributed by atoms with van der Waals surface area (Å²) in [6.07, 6.45) is 16.8. The van der Waals surface area contributed by atoms with Gasteiger partial charge in [-0.05, 0) is 53.7 Å². The van der Waals surface area contributed by atoms with Crippen molar-refractivity contribution in [1.82, 2.24) is 0 Å². The smallest absolute Gasteiger partial charge is 0.0229 e. The van der Waals surface area contributed by atoms with Crippen LogP contribution in [0, 0.1) is 0 Å². The summed E-state index contributed by atoms with van der Waals surface area (Å²) in [5.41, 5.74) is 6.74. The zero-order chi connectivity index (χ0) is 19.2. The van der Waals surface area contributed by atoms with Gasteiger partial charge in [-0.1, -0.05) is 107 Å². The van der Waals surface area contributed by atoms with Crippen LogP contribution in [0.2, 0.25) is 0 Å². The molecular weight excluding hydrogens is 355 g/mol. The number of benzene rings is 2. The summed E-state index contributed by atoms with van der Waals surface area (Å²) in [4.78, 5) is 0. The number of hydrogen-bond donors (Lipinski definition) is 0. The van der Waals surface area contributed by atoms with Gasteiger partial charge < -0.3 is 0 Å². The van der Waals surface area contributed by atoms with Crippen LogP contribution >= 0.6 is 7.92 Å². The summed E-state index contributed by atoms with van der Waals surface area (Å²) in [7, 11) is -0.0614. The first kappa shape index (κ1) is 19.9. The molecule has 2 saturated carbocycles. The molecule has 2 fully saturated rings. The van der Waals surface area contributed by atoms with Crippen molar-refractivity contribution in [3.05, 3.63) is 72.8 Å². The molecule has 2 aliphatic carbocycles. The maximum absolute atomic E-state index is 4.40. The Balaban J connectivity index is 1.73. The first-order valence-electron chi connectivity index (χ1n) is 11.4. The lowest BCUT2D eigenvalue weighted by Crippen LogP contribution is -2.23. The fourth-order valence-corrected chi connectivity index (χ4v) is 9.77. The van der Waals surface area contributed by atoms with Gasteiger partial charge in [-0.2, -0.15) is 0 Å². The van der Waals surface area contributed by atoms with E-state index in [0.29, 0.717) is 5.66 Å². The quantitative estimate of drug-likeness (QED) is 0.342. The molecule has 2 aromatic rings. The Kier molecular flexibility index (Phi) is 7.03. The van der Waals surface area contributed by atoms with Gasteiger partial charge >= 0.3 is 0 Å². The third kappa shape index (κ3) is 4.44. The number of rotatable bonds is 6. The van der Waals surface area contributed by atoms with E-state index < -0.39 is 0 Å². The van der Waals surface area contributed by atoms with Crippen molar-refractivity contribution in [3.63, 3.8) is 0 Å². The summed E-state index contributed by atoms with van der Waals surface area (Å²) in [5, 5.41) is 0. The van der Waals surface area contributed by atoms with Gasteiger partial charge in [0.1, 0.15) is 0 Å². The molecule has 0 aromatic heterocycles. The summed E-state index contributed by atoms with van der Waals surface area (Å²) in [6, 6.07) is 20.2. The average Bonchev–Trinajstić information content (AvgIpc) is 2.79. The monoisotopic (exact) mass is 390 g/mol. The Bertz CT molecular complexity index is 720. The van der Waals surface area contributed by atoms with Gasteiger partial charge in [0.15, 0.2) is 0 Å². The van der Waals surface area contributed by atoms with Crippen molar-refractivity contribution < 1.29 is 0 Å². The van der Waals surface area contributed by atoms with E-state index in [1.165, 1.54) is 80.9 Å². The van der Waals surface area contributed by atoms with Crippen LogP contribution in [0.4, 0.5) is 0 Å². The van der Waals surface area contributed by atoms with Crippen molar-refractivity contribution in [2.24, 2.45) is 0 Å². The molecule has 4 rings (SSSR count). The normalized spacial score (nSPS) is 20.2. The minimum Gasteiger partial charge on any atom is -0.102 e. The Morgan fingerprint density at radius 1 is 0.714 bits per heavy atom. The second kappa shape index (κ2) is 9.89. The predicted octanol–water partition coefficient (Wildman–Crippen LogP) is 8.73. The molecule has 148 valence electrons. The third-order valence-corrected chi connectivity index (χ3v) is 10.8. The molecule has 0 N–H and O–H groups in total. The van der Waals surface area contributed by atoms with Gasteiger partial charge in [0.2, 0.25) is 0 Å². The van der Waals surface area contributed by atoms with Crippen LogP contribution < -0.4 is 0 Å². The summed E-state index contributed by atoms with van der Waals surface area (Å²) in [6.45, 7) is 4.40. The number of allylic oxidation sites excluding steroid dienone is 1. The standard InChI is InChI=1S/C27H35P/c1-2-27(26-21-13-12-20-25(26)22-14-6-3-7-15-22)28(23-16-8-4-9-17-23)24-18-10-5-11-19-24/h2-3,6-7,12-15,20-21,23-24,27H,1,4-5,8-11,16-19H2. The average molecular weight is 391 g/mol. The topological polar surface area (TPSA) is 0 Å². The molecule has 0 bridgehead atoms. The van der Waals surface area contributed by atoms with E-state index >= 15 is 0 Å². The maximum atomic E-state index is 4.40. The maximum Gasteiger partial charge on any atom is 0.0229 e. The molecule has 28 heavy (non-hydrogen) atoms. The Morgan fingerprint density at radius 3 is 1.82 bits per heavy atom.